The number of carbonyl (C=O) groups excluding carboxylic acids is 2. The van der Waals surface area contributed by atoms with Crippen LogP contribution in [0.3, 0.4) is 0 Å². The van der Waals surface area contributed by atoms with Gasteiger partial charge in [0, 0.05) is 5.54 Å². The fourth-order valence-electron chi connectivity index (χ4n) is 3.00. The molecule has 2 amide bonds. The maximum atomic E-state index is 12.3. The van der Waals surface area contributed by atoms with Crippen LogP contribution >= 0.6 is 24.0 Å². The number of hydrogen-bond acceptors (Lipinski definition) is 3. The van der Waals surface area contributed by atoms with E-state index in [1.807, 2.05) is 19.9 Å². The number of nitrogens with one attached hydrogen (secondary N) is 2. The zero-order chi connectivity index (χ0) is 17.0. The second kappa shape index (κ2) is 8.70. The Labute approximate surface area is 154 Å². The molecule has 0 aliphatic heterocycles. The molecule has 24 heavy (non-hydrogen) atoms. The highest BCUT2D eigenvalue weighted by molar-refractivity contribution is 6.33. The Balaban J connectivity index is 0.00000288. The standard InChI is InChI=1S/C17H24ClN3O2.ClH/c1-11-6-7-14(13(18)9-11)21-15(22)10-20-16(23)12-5-3-4-8-17(12,2)19;/h6-7,9,12H,3-5,8,10,19H2,1-2H3,(H,20,23)(H,21,22);1H. The molecule has 2 unspecified atom stereocenters. The smallest absolute Gasteiger partial charge is 0.243 e. The average molecular weight is 374 g/mol. The quantitative estimate of drug-likeness (QED) is 0.758. The first-order valence-electron chi connectivity index (χ1n) is 7.92. The molecule has 2 atom stereocenters. The van der Waals surface area contributed by atoms with Gasteiger partial charge in [0.05, 0.1) is 23.2 Å². The number of hydrogen-bond donors (Lipinski definition) is 3. The van der Waals surface area contributed by atoms with Gasteiger partial charge < -0.3 is 16.4 Å². The van der Waals surface area contributed by atoms with E-state index in [0.29, 0.717) is 10.7 Å². The molecule has 0 saturated heterocycles. The fraction of sp³-hybridized carbons (Fsp3) is 0.529. The lowest BCUT2D eigenvalue weighted by atomic mass is 9.74. The molecule has 4 N–H and O–H groups in total. The van der Waals surface area contributed by atoms with E-state index in [0.717, 1.165) is 31.2 Å². The van der Waals surface area contributed by atoms with Gasteiger partial charge in [-0.05, 0) is 44.4 Å². The maximum Gasteiger partial charge on any atom is 0.243 e. The predicted molar refractivity (Wildman–Crippen MR) is 99.6 cm³/mol. The van der Waals surface area contributed by atoms with Crippen LogP contribution in [0, 0.1) is 12.8 Å². The van der Waals surface area contributed by atoms with E-state index < -0.39 is 5.54 Å². The van der Waals surface area contributed by atoms with Crippen molar-refractivity contribution >= 4 is 41.5 Å². The molecule has 134 valence electrons. The maximum absolute atomic E-state index is 12.3. The number of nitrogens with two attached hydrogens (primary N) is 1. The number of aryl methyl sites for hydroxylation is 1. The lowest BCUT2D eigenvalue weighted by Crippen LogP contribution is -2.53. The number of carbonyl (C=O) groups is 2. The fourth-order valence-corrected chi connectivity index (χ4v) is 3.28. The van der Waals surface area contributed by atoms with Crippen molar-refractivity contribution in [1.82, 2.24) is 5.32 Å². The average Bonchev–Trinajstić information content (AvgIpc) is 2.47. The van der Waals surface area contributed by atoms with Gasteiger partial charge in [-0.2, -0.15) is 0 Å². The molecular weight excluding hydrogens is 349 g/mol. The second-order valence-corrected chi connectivity index (χ2v) is 6.96. The summed E-state index contributed by atoms with van der Waals surface area (Å²) in [6, 6.07) is 5.38. The SMILES string of the molecule is Cc1ccc(NC(=O)CNC(=O)C2CCCCC2(C)N)c(Cl)c1.Cl. The zero-order valence-electron chi connectivity index (χ0n) is 14.0. The van der Waals surface area contributed by atoms with Gasteiger partial charge in [0.25, 0.3) is 0 Å². The van der Waals surface area contributed by atoms with Gasteiger partial charge in [-0.3, -0.25) is 9.59 Å². The third-order valence-corrected chi connectivity index (χ3v) is 4.71. The third-order valence-electron chi connectivity index (χ3n) is 4.39. The van der Waals surface area contributed by atoms with Crippen LogP contribution in [0.1, 0.15) is 38.2 Å². The van der Waals surface area contributed by atoms with E-state index in [2.05, 4.69) is 10.6 Å². The Kier molecular flexibility index (Phi) is 7.52. The van der Waals surface area contributed by atoms with Crippen molar-refractivity contribution in [2.75, 3.05) is 11.9 Å². The Morgan fingerprint density at radius 1 is 1.38 bits per heavy atom. The zero-order valence-corrected chi connectivity index (χ0v) is 15.6. The number of anilines is 1. The molecule has 2 rings (SSSR count). The minimum Gasteiger partial charge on any atom is -0.347 e. The highest BCUT2D eigenvalue weighted by Crippen LogP contribution is 2.31. The molecule has 1 saturated carbocycles. The molecule has 0 spiro atoms. The van der Waals surface area contributed by atoms with Crippen LogP contribution in [-0.2, 0) is 9.59 Å². The Hall–Kier alpha value is -1.30. The normalized spacial score (nSPS) is 23.1. The minimum absolute atomic E-state index is 0. The van der Waals surface area contributed by atoms with E-state index >= 15 is 0 Å². The van der Waals surface area contributed by atoms with E-state index in [1.54, 1.807) is 12.1 Å². The van der Waals surface area contributed by atoms with Crippen molar-refractivity contribution in [2.45, 2.75) is 45.1 Å². The lowest BCUT2D eigenvalue weighted by Gasteiger charge is -2.37. The van der Waals surface area contributed by atoms with Crippen molar-refractivity contribution in [1.29, 1.82) is 0 Å². The van der Waals surface area contributed by atoms with Gasteiger partial charge in [0.15, 0.2) is 0 Å². The molecule has 1 aromatic carbocycles. The van der Waals surface area contributed by atoms with E-state index in [-0.39, 0.29) is 36.7 Å². The first kappa shape index (κ1) is 20.7. The lowest BCUT2D eigenvalue weighted by molar-refractivity contribution is -0.130. The summed E-state index contributed by atoms with van der Waals surface area (Å²) in [5, 5.41) is 5.86. The topological polar surface area (TPSA) is 84.2 Å². The molecule has 0 bridgehead atoms. The predicted octanol–water partition coefficient (Wildman–Crippen LogP) is 3.03. The monoisotopic (exact) mass is 373 g/mol. The summed E-state index contributed by atoms with van der Waals surface area (Å²) in [7, 11) is 0. The van der Waals surface area contributed by atoms with Crippen molar-refractivity contribution in [3.63, 3.8) is 0 Å². The van der Waals surface area contributed by atoms with E-state index in [1.165, 1.54) is 0 Å². The molecule has 1 aliphatic rings. The summed E-state index contributed by atoms with van der Waals surface area (Å²) in [6.07, 6.45) is 3.64. The van der Waals surface area contributed by atoms with Crippen LogP contribution in [0.5, 0.6) is 0 Å². The third kappa shape index (κ3) is 5.36. The summed E-state index contributed by atoms with van der Waals surface area (Å²) in [4.78, 5) is 24.3. The highest BCUT2D eigenvalue weighted by Gasteiger charge is 2.37. The molecule has 5 nitrogen and oxygen atoms in total. The number of benzene rings is 1. The summed E-state index contributed by atoms with van der Waals surface area (Å²) in [5.41, 5.74) is 7.26. The van der Waals surface area contributed by atoms with Crippen molar-refractivity contribution < 1.29 is 9.59 Å². The van der Waals surface area contributed by atoms with Crippen LogP contribution in [0.15, 0.2) is 18.2 Å². The van der Waals surface area contributed by atoms with Crippen molar-refractivity contribution in [3.8, 4) is 0 Å². The number of amides is 2. The van der Waals surface area contributed by atoms with Gasteiger partial charge in [-0.25, -0.2) is 0 Å². The molecule has 0 aromatic heterocycles. The van der Waals surface area contributed by atoms with Crippen molar-refractivity contribution in [2.24, 2.45) is 11.7 Å². The largest absolute Gasteiger partial charge is 0.347 e. The molecule has 0 heterocycles. The van der Waals surface area contributed by atoms with E-state index in [4.69, 9.17) is 17.3 Å². The summed E-state index contributed by atoms with van der Waals surface area (Å²) >= 11 is 6.08. The molecule has 1 aromatic rings. The van der Waals surface area contributed by atoms with Crippen LogP contribution in [-0.4, -0.2) is 23.9 Å². The first-order chi connectivity index (χ1) is 10.8. The Morgan fingerprint density at radius 2 is 2.08 bits per heavy atom. The second-order valence-electron chi connectivity index (χ2n) is 6.55. The van der Waals surface area contributed by atoms with Crippen molar-refractivity contribution in [3.05, 3.63) is 28.8 Å². The molecule has 0 radical (unpaired) electrons. The summed E-state index contributed by atoms with van der Waals surface area (Å²) < 4.78 is 0. The Bertz CT molecular complexity index is 605. The van der Waals surface area contributed by atoms with Crippen LogP contribution in [0.25, 0.3) is 0 Å². The number of rotatable bonds is 4. The molecule has 7 heteroatoms. The van der Waals surface area contributed by atoms with Crippen LogP contribution < -0.4 is 16.4 Å². The first-order valence-corrected chi connectivity index (χ1v) is 8.30. The van der Waals surface area contributed by atoms with Gasteiger partial charge >= 0.3 is 0 Å². The van der Waals surface area contributed by atoms with Gasteiger partial charge in [0.1, 0.15) is 0 Å². The molecule has 1 aliphatic carbocycles. The van der Waals surface area contributed by atoms with Crippen LogP contribution in [0.4, 0.5) is 5.69 Å². The van der Waals surface area contributed by atoms with E-state index in [9.17, 15) is 9.59 Å². The Morgan fingerprint density at radius 3 is 2.71 bits per heavy atom. The van der Waals surface area contributed by atoms with Crippen LogP contribution in [0.2, 0.25) is 5.02 Å². The summed E-state index contributed by atoms with van der Waals surface area (Å²) in [5.74, 6) is -0.703. The van der Waals surface area contributed by atoms with Gasteiger partial charge in [-0.15, -0.1) is 12.4 Å². The molecular formula is C17H25Cl2N3O2. The summed E-state index contributed by atoms with van der Waals surface area (Å²) in [6.45, 7) is 3.74. The van der Waals surface area contributed by atoms with Gasteiger partial charge in [-0.1, -0.05) is 30.5 Å². The number of halogens is 2. The van der Waals surface area contributed by atoms with Gasteiger partial charge in [0.2, 0.25) is 11.8 Å². The highest BCUT2D eigenvalue weighted by atomic mass is 35.5. The molecule has 1 fully saturated rings. The minimum atomic E-state index is -0.501.